The van der Waals surface area contributed by atoms with Crippen LogP contribution in [0.2, 0.25) is 5.02 Å². The molecule has 22 heavy (non-hydrogen) atoms. The summed E-state index contributed by atoms with van der Waals surface area (Å²) in [6.45, 7) is 7.86. The molecule has 0 radical (unpaired) electrons. The summed E-state index contributed by atoms with van der Waals surface area (Å²) in [5, 5.41) is 7.50. The van der Waals surface area contributed by atoms with Gasteiger partial charge in [0.2, 0.25) is 0 Å². The van der Waals surface area contributed by atoms with E-state index < -0.39 is 0 Å². The van der Waals surface area contributed by atoms with Crippen molar-refractivity contribution in [2.75, 3.05) is 31.6 Å². The lowest BCUT2D eigenvalue weighted by molar-refractivity contribution is -0.0657. The average molecular weight is 329 g/mol. The maximum absolute atomic E-state index is 11.8. The van der Waals surface area contributed by atoms with E-state index in [9.17, 15) is 4.79 Å². The molecule has 6 nitrogen and oxygen atoms in total. The first kappa shape index (κ1) is 17.2. The third kappa shape index (κ3) is 4.21. The second-order valence-electron chi connectivity index (χ2n) is 5.89. The van der Waals surface area contributed by atoms with Gasteiger partial charge in [0, 0.05) is 19.6 Å². The van der Waals surface area contributed by atoms with Crippen LogP contribution in [0.15, 0.2) is 11.0 Å². The summed E-state index contributed by atoms with van der Waals surface area (Å²) in [5.41, 5.74) is 0.312. The molecule has 0 bridgehead atoms. The third-order valence-corrected chi connectivity index (χ3v) is 4.29. The van der Waals surface area contributed by atoms with Crippen LogP contribution in [-0.2, 0) is 11.8 Å². The van der Waals surface area contributed by atoms with Gasteiger partial charge in [0.05, 0.1) is 31.1 Å². The van der Waals surface area contributed by atoms with Crippen molar-refractivity contribution in [1.82, 2.24) is 14.7 Å². The van der Waals surface area contributed by atoms with Crippen molar-refractivity contribution in [3.05, 3.63) is 21.6 Å². The van der Waals surface area contributed by atoms with Gasteiger partial charge in [-0.15, -0.1) is 0 Å². The normalized spacial score (nSPS) is 16.6. The molecule has 0 amide bonds. The van der Waals surface area contributed by atoms with E-state index in [1.54, 1.807) is 13.2 Å². The Morgan fingerprint density at radius 1 is 1.59 bits per heavy atom. The molecule has 1 N–H and O–H groups in total. The lowest BCUT2D eigenvalue weighted by Gasteiger charge is -2.39. The molecule has 1 saturated heterocycles. The van der Waals surface area contributed by atoms with E-state index in [1.807, 2.05) is 0 Å². The summed E-state index contributed by atoms with van der Waals surface area (Å²) in [6.07, 6.45) is 3.96. The molecular weight excluding hydrogens is 304 g/mol. The first-order valence-corrected chi connectivity index (χ1v) is 8.20. The van der Waals surface area contributed by atoms with Crippen molar-refractivity contribution in [3.8, 4) is 0 Å². The predicted molar refractivity (Wildman–Crippen MR) is 88.7 cm³/mol. The SMILES string of the molecule is CCCCN(CC(C)Nc1cnn(C)c(=O)c1Cl)C1COC1. The van der Waals surface area contributed by atoms with E-state index in [0.29, 0.717) is 11.7 Å². The number of aryl methyl sites for hydroxylation is 1. The highest BCUT2D eigenvalue weighted by atomic mass is 35.5. The molecule has 1 aliphatic heterocycles. The van der Waals surface area contributed by atoms with Gasteiger partial charge in [-0.3, -0.25) is 9.69 Å². The highest BCUT2D eigenvalue weighted by Crippen LogP contribution is 2.18. The van der Waals surface area contributed by atoms with Crippen LogP contribution in [0.3, 0.4) is 0 Å². The van der Waals surface area contributed by atoms with Crippen LogP contribution in [-0.4, -0.2) is 53.1 Å². The number of anilines is 1. The number of nitrogens with one attached hydrogen (secondary N) is 1. The summed E-state index contributed by atoms with van der Waals surface area (Å²) < 4.78 is 6.54. The summed E-state index contributed by atoms with van der Waals surface area (Å²) in [5.74, 6) is 0. The minimum absolute atomic E-state index is 0.170. The van der Waals surface area contributed by atoms with Gasteiger partial charge in [-0.05, 0) is 19.9 Å². The van der Waals surface area contributed by atoms with Crippen LogP contribution >= 0.6 is 11.6 Å². The van der Waals surface area contributed by atoms with Crippen LogP contribution in [0.25, 0.3) is 0 Å². The quantitative estimate of drug-likeness (QED) is 0.787. The summed E-state index contributed by atoms with van der Waals surface area (Å²) in [7, 11) is 1.59. The molecule has 1 atom stereocenters. The zero-order chi connectivity index (χ0) is 16.1. The van der Waals surface area contributed by atoms with Crippen LogP contribution in [0.5, 0.6) is 0 Å². The zero-order valence-corrected chi connectivity index (χ0v) is 14.3. The number of hydrogen-bond acceptors (Lipinski definition) is 5. The highest BCUT2D eigenvalue weighted by molar-refractivity contribution is 6.32. The largest absolute Gasteiger partial charge is 0.379 e. The summed E-state index contributed by atoms with van der Waals surface area (Å²) >= 11 is 6.09. The van der Waals surface area contributed by atoms with Gasteiger partial charge in [0.1, 0.15) is 5.02 Å². The molecule has 0 saturated carbocycles. The van der Waals surface area contributed by atoms with Crippen LogP contribution in [0.4, 0.5) is 5.69 Å². The van der Waals surface area contributed by atoms with Crippen molar-refractivity contribution in [3.63, 3.8) is 0 Å². The molecule has 0 aliphatic carbocycles. The van der Waals surface area contributed by atoms with E-state index in [4.69, 9.17) is 16.3 Å². The summed E-state index contributed by atoms with van der Waals surface area (Å²) in [6, 6.07) is 0.678. The maximum Gasteiger partial charge on any atom is 0.287 e. The van der Waals surface area contributed by atoms with Gasteiger partial charge in [-0.2, -0.15) is 5.10 Å². The average Bonchev–Trinajstić information content (AvgIpc) is 2.43. The Hall–Kier alpha value is -1.11. The Morgan fingerprint density at radius 2 is 2.32 bits per heavy atom. The monoisotopic (exact) mass is 328 g/mol. The number of unbranched alkanes of at least 4 members (excludes halogenated alkanes) is 1. The molecule has 0 aromatic carbocycles. The number of rotatable bonds is 8. The fourth-order valence-electron chi connectivity index (χ4n) is 2.49. The van der Waals surface area contributed by atoms with Crippen molar-refractivity contribution < 1.29 is 4.74 Å². The van der Waals surface area contributed by atoms with E-state index in [1.165, 1.54) is 17.5 Å². The summed E-state index contributed by atoms with van der Waals surface area (Å²) in [4.78, 5) is 14.3. The van der Waals surface area contributed by atoms with Crippen molar-refractivity contribution in [2.45, 2.75) is 38.8 Å². The Kier molecular flexibility index (Phi) is 6.23. The minimum atomic E-state index is -0.283. The molecule has 7 heteroatoms. The van der Waals surface area contributed by atoms with Crippen molar-refractivity contribution >= 4 is 17.3 Å². The zero-order valence-electron chi connectivity index (χ0n) is 13.5. The smallest absolute Gasteiger partial charge is 0.287 e. The molecule has 1 aliphatic rings. The highest BCUT2D eigenvalue weighted by Gasteiger charge is 2.26. The number of hydrogen-bond donors (Lipinski definition) is 1. The lowest BCUT2D eigenvalue weighted by atomic mass is 10.1. The molecule has 1 aromatic heterocycles. The molecule has 1 unspecified atom stereocenters. The van der Waals surface area contributed by atoms with Crippen LogP contribution in [0.1, 0.15) is 26.7 Å². The van der Waals surface area contributed by atoms with Crippen LogP contribution in [0, 0.1) is 0 Å². The van der Waals surface area contributed by atoms with Gasteiger partial charge in [0.25, 0.3) is 5.56 Å². The molecular formula is C15H25ClN4O2. The number of ether oxygens (including phenoxy) is 1. The Balaban J connectivity index is 1.97. The maximum atomic E-state index is 11.8. The van der Waals surface area contributed by atoms with E-state index in [-0.39, 0.29) is 16.6 Å². The van der Waals surface area contributed by atoms with Gasteiger partial charge in [0.15, 0.2) is 0 Å². The first-order valence-electron chi connectivity index (χ1n) is 7.83. The van der Waals surface area contributed by atoms with E-state index >= 15 is 0 Å². The Bertz CT molecular complexity index is 545. The third-order valence-electron chi connectivity index (χ3n) is 3.92. The molecule has 2 rings (SSSR count). The second-order valence-corrected chi connectivity index (χ2v) is 6.26. The fourth-order valence-corrected chi connectivity index (χ4v) is 2.72. The Morgan fingerprint density at radius 3 is 2.91 bits per heavy atom. The van der Waals surface area contributed by atoms with Crippen LogP contribution < -0.4 is 10.9 Å². The second kappa shape index (κ2) is 7.94. The van der Waals surface area contributed by atoms with Gasteiger partial charge in [-0.25, -0.2) is 4.68 Å². The van der Waals surface area contributed by atoms with Crippen molar-refractivity contribution in [2.24, 2.45) is 7.05 Å². The fraction of sp³-hybridized carbons (Fsp3) is 0.733. The van der Waals surface area contributed by atoms with Gasteiger partial charge >= 0.3 is 0 Å². The molecule has 0 spiro atoms. The topological polar surface area (TPSA) is 59.4 Å². The minimum Gasteiger partial charge on any atom is -0.379 e. The molecule has 1 aromatic rings. The number of nitrogens with zero attached hydrogens (tertiary/aromatic N) is 3. The molecule has 1 fully saturated rings. The standard InChI is InChI=1S/C15H25ClN4O2/c1-4-5-6-20(12-9-22-10-12)8-11(2)18-13-7-17-19(3)15(21)14(13)16/h7,11-12,18H,4-6,8-10H2,1-3H3. The molecule has 124 valence electrons. The molecule has 2 heterocycles. The van der Waals surface area contributed by atoms with E-state index in [2.05, 4.69) is 29.2 Å². The lowest BCUT2D eigenvalue weighted by Crippen LogP contribution is -2.52. The first-order chi connectivity index (χ1) is 10.5. The Labute approximate surface area is 136 Å². The van der Waals surface area contributed by atoms with Gasteiger partial charge < -0.3 is 10.1 Å². The van der Waals surface area contributed by atoms with Gasteiger partial charge in [-0.1, -0.05) is 24.9 Å². The van der Waals surface area contributed by atoms with Crippen molar-refractivity contribution in [1.29, 1.82) is 0 Å². The predicted octanol–water partition coefficient (Wildman–Crippen LogP) is 1.73. The van der Waals surface area contributed by atoms with E-state index in [0.717, 1.165) is 26.3 Å². The number of aromatic nitrogens is 2. The number of halogens is 1.